The van der Waals surface area contributed by atoms with Crippen molar-refractivity contribution in [1.82, 2.24) is 5.32 Å². The number of nitrogens with one attached hydrogen (secondary N) is 1. The van der Waals surface area contributed by atoms with Gasteiger partial charge in [0.05, 0.1) is 11.7 Å². The highest BCUT2D eigenvalue weighted by molar-refractivity contribution is 5.91. The molecular weight excluding hydrogens is 276 g/mol. The lowest BCUT2D eigenvalue weighted by atomic mass is 9.78. The Balaban J connectivity index is 1.87. The van der Waals surface area contributed by atoms with Gasteiger partial charge in [-0.2, -0.15) is 0 Å². The molecule has 1 heterocycles. The van der Waals surface area contributed by atoms with Gasteiger partial charge in [0.1, 0.15) is 4.92 Å². The molecule has 1 aromatic heterocycles. The van der Waals surface area contributed by atoms with Crippen molar-refractivity contribution in [1.29, 1.82) is 0 Å². The van der Waals surface area contributed by atoms with Crippen molar-refractivity contribution in [3.63, 3.8) is 0 Å². The molecule has 1 saturated carbocycles. The lowest BCUT2D eigenvalue weighted by Crippen LogP contribution is -2.45. The first-order valence-corrected chi connectivity index (χ1v) is 7.18. The van der Waals surface area contributed by atoms with E-state index in [9.17, 15) is 20.0 Å². The first-order valence-electron chi connectivity index (χ1n) is 7.18. The number of carbonyl (C=O) groups is 1. The van der Waals surface area contributed by atoms with Gasteiger partial charge in [-0.15, -0.1) is 0 Å². The predicted octanol–water partition coefficient (Wildman–Crippen LogP) is 2.25. The van der Waals surface area contributed by atoms with E-state index in [0.29, 0.717) is 18.8 Å². The van der Waals surface area contributed by atoms with E-state index in [-0.39, 0.29) is 12.3 Å². The summed E-state index contributed by atoms with van der Waals surface area (Å²) in [5, 5.41) is 23.5. The molecule has 0 atom stereocenters. The zero-order valence-corrected chi connectivity index (χ0v) is 12.0. The highest BCUT2D eigenvalue weighted by Crippen LogP contribution is 2.33. The molecule has 0 bridgehead atoms. The summed E-state index contributed by atoms with van der Waals surface area (Å²) in [5.74, 6) is -0.488. The second-order valence-corrected chi connectivity index (χ2v) is 5.65. The molecule has 0 unspecified atom stereocenters. The van der Waals surface area contributed by atoms with Crippen LogP contribution in [-0.4, -0.2) is 28.1 Å². The van der Waals surface area contributed by atoms with E-state index in [1.807, 2.05) is 0 Å². The minimum Gasteiger partial charge on any atom is -0.395 e. The van der Waals surface area contributed by atoms with Gasteiger partial charge in [0, 0.05) is 6.54 Å². The third-order valence-electron chi connectivity index (χ3n) is 4.19. The van der Waals surface area contributed by atoms with Crippen molar-refractivity contribution in [2.75, 3.05) is 6.54 Å². The fourth-order valence-corrected chi connectivity index (χ4v) is 2.68. The Labute approximate surface area is 122 Å². The highest BCUT2D eigenvalue weighted by atomic mass is 16.6. The maximum absolute atomic E-state index is 11.8. The Morgan fingerprint density at radius 2 is 2.19 bits per heavy atom. The number of hydrogen-bond donors (Lipinski definition) is 2. The summed E-state index contributed by atoms with van der Waals surface area (Å²) in [6, 6.07) is 2.39. The van der Waals surface area contributed by atoms with Crippen LogP contribution in [0.2, 0.25) is 0 Å². The van der Waals surface area contributed by atoms with E-state index in [1.54, 1.807) is 0 Å². The molecule has 2 rings (SSSR count). The molecule has 2 N–H and O–H groups in total. The molecular formula is C14H20N2O5. The van der Waals surface area contributed by atoms with E-state index in [4.69, 9.17) is 4.42 Å². The second kappa shape index (κ2) is 6.26. The Bertz CT molecular complexity index is 517. The standard InChI is InChI=1S/C14H20N2O5/c1-2-10-5-7-14(18,8-6-10)9-15-13(17)11-3-4-12(21-11)16(19)20/h3-4,10,18H,2,5-9H2,1H3,(H,15,17). The summed E-state index contributed by atoms with van der Waals surface area (Å²) in [7, 11) is 0. The molecule has 1 amide bonds. The van der Waals surface area contributed by atoms with Crippen LogP contribution in [-0.2, 0) is 0 Å². The topological polar surface area (TPSA) is 106 Å². The number of aliphatic hydroxyl groups is 1. The first-order chi connectivity index (χ1) is 9.93. The number of hydrogen-bond acceptors (Lipinski definition) is 5. The molecule has 0 saturated heterocycles. The van der Waals surface area contributed by atoms with Gasteiger partial charge in [-0.05, 0) is 37.7 Å². The Morgan fingerprint density at radius 3 is 2.71 bits per heavy atom. The quantitative estimate of drug-likeness (QED) is 0.640. The Morgan fingerprint density at radius 1 is 1.52 bits per heavy atom. The average molecular weight is 296 g/mol. The summed E-state index contributed by atoms with van der Waals surface area (Å²) in [6.45, 7) is 2.28. The molecule has 1 aliphatic carbocycles. The zero-order chi connectivity index (χ0) is 15.5. The third kappa shape index (κ3) is 3.81. The summed E-state index contributed by atoms with van der Waals surface area (Å²) in [5.41, 5.74) is -0.889. The van der Waals surface area contributed by atoms with Gasteiger partial charge >= 0.3 is 5.88 Å². The summed E-state index contributed by atoms with van der Waals surface area (Å²) in [4.78, 5) is 21.6. The minimum absolute atomic E-state index is 0.118. The van der Waals surface area contributed by atoms with Gasteiger partial charge in [0.2, 0.25) is 0 Å². The number of carbonyl (C=O) groups excluding carboxylic acids is 1. The van der Waals surface area contributed by atoms with Crippen molar-refractivity contribution >= 4 is 11.8 Å². The summed E-state index contributed by atoms with van der Waals surface area (Å²) in [6.07, 6.45) is 4.33. The van der Waals surface area contributed by atoms with Gasteiger partial charge in [-0.3, -0.25) is 14.9 Å². The fraction of sp³-hybridized carbons (Fsp3) is 0.643. The fourth-order valence-electron chi connectivity index (χ4n) is 2.68. The van der Waals surface area contributed by atoms with E-state index in [2.05, 4.69) is 12.2 Å². The van der Waals surface area contributed by atoms with Crippen molar-refractivity contribution in [2.45, 2.75) is 44.6 Å². The minimum atomic E-state index is -0.889. The van der Waals surface area contributed by atoms with E-state index in [0.717, 1.165) is 25.3 Å². The molecule has 1 fully saturated rings. The number of rotatable bonds is 5. The number of furan rings is 1. The highest BCUT2D eigenvalue weighted by Gasteiger charge is 2.33. The van der Waals surface area contributed by atoms with Crippen LogP contribution in [0, 0.1) is 16.0 Å². The third-order valence-corrected chi connectivity index (χ3v) is 4.19. The van der Waals surface area contributed by atoms with E-state index < -0.39 is 22.3 Å². The van der Waals surface area contributed by atoms with E-state index in [1.165, 1.54) is 6.07 Å². The van der Waals surface area contributed by atoms with Crippen LogP contribution in [0.3, 0.4) is 0 Å². The van der Waals surface area contributed by atoms with Crippen molar-refractivity contribution in [3.05, 3.63) is 28.0 Å². The lowest BCUT2D eigenvalue weighted by molar-refractivity contribution is -0.402. The molecule has 116 valence electrons. The zero-order valence-electron chi connectivity index (χ0n) is 12.0. The van der Waals surface area contributed by atoms with Crippen molar-refractivity contribution in [3.8, 4) is 0 Å². The van der Waals surface area contributed by atoms with Crippen molar-refractivity contribution < 1.29 is 19.2 Å². The number of nitrogens with zero attached hydrogens (tertiary/aromatic N) is 1. The monoisotopic (exact) mass is 296 g/mol. The van der Waals surface area contributed by atoms with Gasteiger partial charge in [0.15, 0.2) is 5.76 Å². The summed E-state index contributed by atoms with van der Waals surface area (Å²) >= 11 is 0. The molecule has 0 aromatic carbocycles. The maximum Gasteiger partial charge on any atom is 0.433 e. The average Bonchev–Trinajstić information content (AvgIpc) is 2.96. The smallest absolute Gasteiger partial charge is 0.395 e. The molecule has 7 nitrogen and oxygen atoms in total. The molecule has 0 spiro atoms. The van der Waals surface area contributed by atoms with Gasteiger partial charge in [-0.1, -0.05) is 13.3 Å². The van der Waals surface area contributed by atoms with Crippen LogP contribution in [0.4, 0.5) is 5.88 Å². The predicted molar refractivity (Wildman–Crippen MR) is 74.9 cm³/mol. The molecule has 0 aliphatic heterocycles. The number of nitro groups is 1. The van der Waals surface area contributed by atoms with Crippen molar-refractivity contribution in [2.24, 2.45) is 5.92 Å². The second-order valence-electron chi connectivity index (χ2n) is 5.65. The maximum atomic E-state index is 11.8. The van der Waals surface area contributed by atoms with Crippen LogP contribution in [0.1, 0.15) is 49.6 Å². The molecule has 1 aromatic rings. The largest absolute Gasteiger partial charge is 0.433 e. The first kappa shape index (κ1) is 15.5. The lowest BCUT2D eigenvalue weighted by Gasteiger charge is -2.35. The Hall–Kier alpha value is -1.89. The van der Waals surface area contributed by atoms with Crippen LogP contribution in [0.5, 0.6) is 0 Å². The molecule has 1 aliphatic rings. The van der Waals surface area contributed by atoms with Crippen LogP contribution in [0.25, 0.3) is 0 Å². The Kier molecular flexibility index (Phi) is 4.62. The molecule has 21 heavy (non-hydrogen) atoms. The van der Waals surface area contributed by atoms with Gasteiger partial charge in [-0.25, -0.2) is 0 Å². The number of amides is 1. The summed E-state index contributed by atoms with van der Waals surface area (Å²) < 4.78 is 4.82. The molecule has 0 radical (unpaired) electrons. The van der Waals surface area contributed by atoms with Crippen LogP contribution < -0.4 is 5.32 Å². The molecule has 7 heteroatoms. The van der Waals surface area contributed by atoms with Crippen LogP contribution >= 0.6 is 0 Å². The van der Waals surface area contributed by atoms with Gasteiger partial charge < -0.3 is 14.8 Å². The normalized spacial score (nSPS) is 25.5. The SMILES string of the molecule is CCC1CCC(O)(CNC(=O)c2ccc([N+](=O)[O-])o2)CC1. The van der Waals surface area contributed by atoms with E-state index >= 15 is 0 Å². The van der Waals surface area contributed by atoms with Gasteiger partial charge in [0.25, 0.3) is 5.91 Å². The van der Waals surface area contributed by atoms with Crippen LogP contribution in [0.15, 0.2) is 16.5 Å².